The number of hydrogen-bond donors (Lipinski definition) is 3. The summed E-state index contributed by atoms with van der Waals surface area (Å²) in [6, 6.07) is 14.3. The molecule has 2 aromatic heterocycles. The molecule has 7 heteroatoms. The lowest BCUT2D eigenvalue weighted by Gasteiger charge is -2.26. The highest BCUT2D eigenvalue weighted by Crippen LogP contribution is 2.26. The molecular formula is C20H22N6O. The predicted molar refractivity (Wildman–Crippen MR) is 107 cm³/mol. The van der Waals surface area contributed by atoms with Gasteiger partial charge in [0.15, 0.2) is 5.82 Å². The van der Waals surface area contributed by atoms with Gasteiger partial charge in [-0.1, -0.05) is 18.2 Å². The van der Waals surface area contributed by atoms with Gasteiger partial charge in [-0.3, -0.25) is 10.00 Å². The van der Waals surface area contributed by atoms with Crippen molar-refractivity contribution in [1.82, 2.24) is 25.1 Å². The first-order chi connectivity index (χ1) is 13.4. The lowest BCUT2D eigenvalue weighted by atomic mass is 10.2. The number of nitrogens with one attached hydrogen (secondary N) is 3. The summed E-state index contributed by atoms with van der Waals surface area (Å²) < 4.78 is 5.39. The maximum absolute atomic E-state index is 5.39. The third-order valence-electron chi connectivity index (χ3n) is 5.04. The fraction of sp³-hybridized carbons (Fsp3) is 0.300. The zero-order valence-electron chi connectivity index (χ0n) is 15.0. The molecule has 0 saturated carbocycles. The molecule has 7 nitrogen and oxygen atoms in total. The first-order valence-electron chi connectivity index (χ1n) is 9.34. The van der Waals surface area contributed by atoms with Crippen LogP contribution in [0.3, 0.4) is 0 Å². The molecular weight excluding hydrogens is 340 g/mol. The Bertz CT molecular complexity index is 1060. The average molecular weight is 362 g/mol. The van der Waals surface area contributed by atoms with Crippen LogP contribution in [-0.2, 0) is 4.74 Å². The molecule has 4 aromatic rings. The number of H-pyrrole nitrogens is 2. The predicted octanol–water partition coefficient (Wildman–Crippen LogP) is 2.85. The maximum atomic E-state index is 5.39. The van der Waals surface area contributed by atoms with Crippen molar-refractivity contribution in [3.8, 4) is 11.5 Å². The van der Waals surface area contributed by atoms with E-state index in [1.165, 1.54) is 0 Å². The summed E-state index contributed by atoms with van der Waals surface area (Å²) >= 11 is 0. The number of anilines is 1. The van der Waals surface area contributed by atoms with E-state index in [9.17, 15) is 0 Å². The number of fused-ring (bicyclic) bond motifs is 2. The Balaban J connectivity index is 1.34. The van der Waals surface area contributed by atoms with Gasteiger partial charge in [-0.2, -0.15) is 5.10 Å². The molecule has 0 bridgehead atoms. The van der Waals surface area contributed by atoms with Crippen LogP contribution in [0.15, 0.2) is 42.5 Å². The quantitative estimate of drug-likeness (QED) is 0.509. The van der Waals surface area contributed by atoms with E-state index in [4.69, 9.17) is 9.72 Å². The van der Waals surface area contributed by atoms with Crippen LogP contribution in [0.25, 0.3) is 33.5 Å². The Morgan fingerprint density at radius 3 is 2.89 bits per heavy atom. The van der Waals surface area contributed by atoms with Crippen molar-refractivity contribution in [2.24, 2.45) is 0 Å². The third-order valence-corrected chi connectivity index (χ3v) is 5.04. The van der Waals surface area contributed by atoms with Crippen LogP contribution in [0, 0.1) is 0 Å². The van der Waals surface area contributed by atoms with Gasteiger partial charge in [0.2, 0.25) is 0 Å². The van der Waals surface area contributed by atoms with Gasteiger partial charge < -0.3 is 15.0 Å². The van der Waals surface area contributed by atoms with E-state index >= 15 is 0 Å². The van der Waals surface area contributed by atoms with Gasteiger partial charge in [0.25, 0.3) is 0 Å². The Morgan fingerprint density at radius 1 is 1.07 bits per heavy atom. The zero-order chi connectivity index (χ0) is 18.1. The topological polar surface area (TPSA) is 81.9 Å². The molecule has 0 amide bonds. The number of imidazole rings is 1. The summed E-state index contributed by atoms with van der Waals surface area (Å²) in [5.41, 5.74) is 4.91. The first kappa shape index (κ1) is 16.3. The van der Waals surface area contributed by atoms with Crippen molar-refractivity contribution in [3.05, 3.63) is 42.5 Å². The number of benzene rings is 2. The number of hydrogen-bond acceptors (Lipinski definition) is 5. The van der Waals surface area contributed by atoms with Crippen molar-refractivity contribution in [3.63, 3.8) is 0 Å². The van der Waals surface area contributed by atoms with Crippen molar-refractivity contribution < 1.29 is 4.74 Å². The largest absolute Gasteiger partial charge is 0.384 e. The zero-order valence-corrected chi connectivity index (χ0v) is 15.0. The van der Waals surface area contributed by atoms with Gasteiger partial charge in [-0.25, -0.2) is 4.98 Å². The molecule has 0 radical (unpaired) electrons. The van der Waals surface area contributed by atoms with E-state index in [0.29, 0.717) is 0 Å². The van der Waals surface area contributed by atoms with Crippen molar-refractivity contribution in [2.45, 2.75) is 0 Å². The molecule has 27 heavy (non-hydrogen) atoms. The molecule has 2 aromatic carbocycles. The van der Waals surface area contributed by atoms with Crippen molar-refractivity contribution in [1.29, 1.82) is 0 Å². The minimum Gasteiger partial charge on any atom is -0.384 e. The lowest BCUT2D eigenvalue weighted by molar-refractivity contribution is 0.0398. The third kappa shape index (κ3) is 3.27. The number of rotatable bonds is 5. The fourth-order valence-electron chi connectivity index (χ4n) is 3.56. The summed E-state index contributed by atoms with van der Waals surface area (Å²) in [7, 11) is 0. The summed E-state index contributed by atoms with van der Waals surface area (Å²) in [6.45, 7) is 5.64. The van der Waals surface area contributed by atoms with Crippen molar-refractivity contribution in [2.75, 3.05) is 44.7 Å². The molecule has 0 atom stereocenters. The first-order valence-corrected chi connectivity index (χ1v) is 9.34. The fourth-order valence-corrected chi connectivity index (χ4v) is 3.56. The smallest absolute Gasteiger partial charge is 0.159 e. The molecule has 5 rings (SSSR count). The highest BCUT2D eigenvalue weighted by Gasteiger charge is 2.13. The van der Waals surface area contributed by atoms with Crippen LogP contribution in [0.4, 0.5) is 5.69 Å². The SMILES string of the molecule is c1ccc2c(-c3nc4ccc(NCCN5CCOCC5)cc4[nH]3)n[nH]c2c1. The molecule has 3 N–H and O–H groups in total. The Morgan fingerprint density at radius 2 is 1.96 bits per heavy atom. The number of nitrogens with zero attached hydrogens (tertiary/aromatic N) is 3. The molecule has 0 aliphatic carbocycles. The minimum absolute atomic E-state index is 0.785. The molecule has 3 heterocycles. The molecule has 1 aliphatic heterocycles. The molecule has 1 aliphatic rings. The van der Waals surface area contributed by atoms with Crippen LogP contribution < -0.4 is 5.32 Å². The number of aromatic amines is 2. The van der Waals surface area contributed by atoms with Gasteiger partial charge in [-0.15, -0.1) is 0 Å². The second-order valence-electron chi connectivity index (χ2n) is 6.82. The molecule has 138 valence electrons. The van der Waals surface area contributed by atoms with Crippen molar-refractivity contribution >= 4 is 27.6 Å². The molecule has 1 saturated heterocycles. The van der Waals surface area contributed by atoms with Crippen LogP contribution in [0.1, 0.15) is 0 Å². The van der Waals surface area contributed by atoms with E-state index in [1.807, 2.05) is 24.3 Å². The Labute approximate surface area is 156 Å². The summed E-state index contributed by atoms with van der Waals surface area (Å²) in [6.07, 6.45) is 0. The number of ether oxygens (including phenoxy) is 1. The van der Waals surface area contributed by atoms with E-state index in [0.717, 1.165) is 78.5 Å². The molecule has 0 unspecified atom stereocenters. The van der Waals surface area contributed by atoms with E-state index < -0.39 is 0 Å². The van der Waals surface area contributed by atoms with E-state index in [2.05, 4.69) is 43.6 Å². The summed E-state index contributed by atoms with van der Waals surface area (Å²) in [4.78, 5) is 10.5. The van der Waals surface area contributed by atoms with Crippen LogP contribution in [-0.4, -0.2) is 64.5 Å². The highest BCUT2D eigenvalue weighted by molar-refractivity contribution is 5.93. The Hall–Kier alpha value is -2.90. The van der Waals surface area contributed by atoms with E-state index in [1.54, 1.807) is 0 Å². The minimum atomic E-state index is 0.785. The van der Waals surface area contributed by atoms with Crippen LogP contribution in [0.5, 0.6) is 0 Å². The Kier molecular flexibility index (Phi) is 4.23. The highest BCUT2D eigenvalue weighted by atomic mass is 16.5. The second-order valence-corrected chi connectivity index (χ2v) is 6.82. The average Bonchev–Trinajstić information content (AvgIpc) is 3.32. The molecule has 1 fully saturated rings. The summed E-state index contributed by atoms with van der Waals surface area (Å²) in [5, 5.41) is 12.1. The van der Waals surface area contributed by atoms with Gasteiger partial charge in [-0.05, 0) is 24.3 Å². The van der Waals surface area contributed by atoms with Crippen LogP contribution >= 0.6 is 0 Å². The second kappa shape index (κ2) is 7.02. The standard InChI is InChI=1S/C20H22N6O/c1-2-4-16-15(3-1)19(25-24-16)20-22-17-6-5-14(13-18(17)23-20)21-7-8-26-9-11-27-12-10-26/h1-6,13,21H,7-12H2,(H,22,23)(H,24,25). The van der Waals surface area contributed by atoms with Gasteiger partial charge in [0, 0.05) is 37.3 Å². The number of aromatic nitrogens is 4. The van der Waals surface area contributed by atoms with Gasteiger partial charge in [0.05, 0.1) is 29.8 Å². The maximum Gasteiger partial charge on any atom is 0.159 e. The van der Waals surface area contributed by atoms with E-state index in [-0.39, 0.29) is 0 Å². The molecule has 0 spiro atoms. The lowest BCUT2D eigenvalue weighted by Crippen LogP contribution is -2.38. The van der Waals surface area contributed by atoms with Gasteiger partial charge >= 0.3 is 0 Å². The monoisotopic (exact) mass is 362 g/mol. The normalized spacial score (nSPS) is 15.6. The summed E-state index contributed by atoms with van der Waals surface area (Å²) in [5.74, 6) is 0.785. The van der Waals surface area contributed by atoms with Gasteiger partial charge in [0.1, 0.15) is 5.69 Å². The van der Waals surface area contributed by atoms with Crippen LogP contribution in [0.2, 0.25) is 0 Å². The number of morpholine rings is 1. The number of para-hydroxylation sites is 1.